The lowest BCUT2D eigenvalue weighted by Gasteiger charge is -2.16. The van der Waals surface area contributed by atoms with Crippen LogP contribution in [0.5, 0.6) is 5.75 Å². The van der Waals surface area contributed by atoms with E-state index in [4.69, 9.17) is 20.9 Å². The molecule has 2 heterocycles. The van der Waals surface area contributed by atoms with Crippen LogP contribution in [0.15, 0.2) is 53.1 Å². The Morgan fingerprint density at radius 1 is 1.21 bits per heavy atom. The lowest BCUT2D eigenvalue weighted by atomic mass is 10.1. The van der Waals surface area contributed by atoms with Gasteiger partial charge < -0.3 is 14.2 Å². The maximum absolute atomic E-state index is 12.5. The molecule has 3 aromatic rings. The molecule has 1 aliphatic heterocycles. The molecule has 150 valence electrons. The van der Waals surface area contributed by atoms with Gasteiger partial charge in [0.1, 0.15) is 5.75 Å². The molecule has 1 unspecified atom stereocenters. The van der Waals surface area contributed by atoms with E-state index in [9.17, 15) is 4.79 Å². The lowest BCUT2D eigenvalue weighted by Crippen LogP contribution is -2.24. The minimum Gasteiger partial charge on any atom is -0.491 e. The van der Waals surface area contributed by atoms with Crippen LogP contribution in [0, 0.1) is 0 Å². The van der Waals surface area contributed by atoms with Crippen molar-refractivity contribution in [3.63, 3.8) is 0 Å². The van der Waals surface area contributed by atoms with E-state index in [0.717, 1.165) is 16.9 Å². The molecular formula is C22H22ClN3O3. The average Bonchev–Trinajstić information content (AvgIpc) is 3.31. The van der Waals surface area contributed by atoms with Gasteiger partial charge in [0.05, 0.1) is 12.0 Å². The second-order valence-electron chi connectivity index (χ2n) is 7.41. The highest BCUT2D eigenvalue weighted by Gasteiger charge is 2.34. The van der Waals surface area contributed by atoms with E-state index in [0.29, 0.717) is 36.2 Å². The molecule has 0 N–H and O–H groups in total. The molecule has 0 bridgehead atoms. The molecule has 29 heavy (non-hydrogen) atoms. The van der Waals surface area contributed by atoms with Crippen molar-refractivity contribution in [2.75, 3.05) is 6.54 Å². The summed E-state index contributed by atoms with van der Waals surface area (Å²) in [5, 5.41) is 4.75. The van der Waals surface area contributed by atoms with E-state index in [1.54, 1.807) is 4.90 Å². The van der Waals surface area contributed by atoms with Crippen molar-refractivity contribution in [2.45, 2.75) is 38.8 Å². The van der Waals surface area contributed by atoms with Crippen LogP contribution < -0.4 is 4.74 Å². The highest BCUT2D eigenvalue weighted by molar-refractivity contribution is 6.31. The number of carbonyl (C=O) groups excluding carboxylic acids is 1. The van der Waals surface area contributed by atoms with E-state index in [2.05, 4.69) is 10.1 Å². The number of aromatic nitrogens is 2. The predicted molar refractivity (Wildman–Crippen MR) is 110 cm³/mol. The number of rotatable bonds is 6. The van der Waals surface area contributed by atoms with Crippen LogP contribution in [0.25, 0.3) is 11.4 Å². The van der Waals surface area contributed by atoms with Gasteiger partial charge in [-0.05, 0) is 49.7 Å². The predicted octanol–water partition coefficient (Wildman–Crippen LogP) is 4.69. The van der Waals surface area contributed by atoms with Gasteiger partial charge in [0.25, 0.3) is 0 Å². The molecule has 0 aliphatic carbocycles. The Morgan fingerprint density at radius 2 is 1.97 bits per heavy atom. The van der Waals surface area contributed by atoms with Crippen molar-refractivity contribution in [1.29, 1.82) is 0 Å². The van der Waals surface area contributed by atoms with Crippen LogP contribution in [-0.2, 0) is 11.3 Å². The van der Waals surface area contributed by atoms with Crippen molar-refractivity contribution in [1.82, 2.24) is 15.0 Å². The van der Waals surface area contributed by atoms with Crippen molar-refractivity contribution in [3.8, 4) is 17.1 Å². The zero-order chi connectivity index (χ0) is 20.4. The van der Waals surface area contributed by atoms with Gasteiger partial charge in [-0.1, -0.05) is 35.0 Å². The Labute approximate surface area is 174 Å². The number of hydrogen-bond donors (Lipinski definition) is 0. The molecule has 1 aliphatic rings. The Hall–Kier alpha value is -2.86. The summed E-state index contributed by atoms with van der Waals surface area (Å²) in [6.45, 7) is 4.98. The van der Waals surface area contributed by atoms with E-state index in [1.807, 2.05) is 62.4 Å². The topological polar surface area (TPSA) is 68.5 Å². The largest absolute Gasteiger partial charge is 0.491 e. The van der Waals surface area contributed by atoms with E-state index in [-0.39, 0.29) is 17.9 Å². The zero-order valence-corrected chi connectivity index (χ0v) is 17.1. The van der Waals surface area contributed by atoms with E-state index < -0.39 is 0 Å². The van der Waals surface area contributed by atoms with E-state index in [1.165, 1.54) is 0 Å². The highest BCUT2D eigenvalue weighted by atomic mass is 35.5. The maximum Gasteiger partial charge on any atom is 0.232 e. The summed E-state index contributed by atoms with van der Waals surface area (Å²) >= 11 is 6.23. The number of ether oxygens (including phenoxy) is 1. The second kappa shape index (κ2) is 8.25. The second-order valence-corrected chi connectivity index (χ2v) is 7.82. The third kappa shape index (κ3) is 4.43. The van der Waals surface area contributed by atoms with Crippen molar-refractivity contribution in [2.24, 2.45) is 0 Å². The molecule has 2 aromatic carbocycles. The van der Waals surface area contributed by atoms with Gasteiger partial charge in [-0.3, -0.25) is 4.79 Å². The van der Waals surface area contributed by atoms with Crippen LogP contribution in [0.1, 0.15) is 37.6 Å². The number of carbonyl (C=O) groups is 1. The van der Waals surface area contributed by atoms with Crippen LogP contribution in [-0.4, -0.2) is 33.6 Å². The first kappa shape index (κ1) is 19.5. The molecule has 1 amide bonds. The molecule has 6 nitrogen and oxygen atoms in total. The van der Waals surface area contributed by atoms with E-state index >= 15 is 0 Å². The smallest absolute Gasteiger partial charge is 0.232 e. The number of benzene rings is 2. The van der Waals surface area contributed by atoms with Crippen molar-refractivity contribution < 1.29 is 14.1 Å². The minimum atomic E-state index is -0.116. The highest BCUT2D eigenvalue weighted by Crippen LogP contribution is 2.31. The third-order valence-electron chi connectivity index (χ3n) is 4.81. The van der Waals surface area contributed by atoms with Gasteiger partial charge in [0, 0.05) is 30.1 Å². The molecule has 1 atom stereocenters. The monoisotopic (exact) mass is 411 g/mol. The minimum absolute atomic E-state index is 0.0601. The SMILES string of the molecule is CC(C)Oc1ccc(-c2noc(C3CC(=O)N(Cc4ccccc4Cl)C3)n2)cc1. The number of likely N-dealkylation sites (tertiary alicyclic amines) is 1. The Balaban J connectivity index is 1.44. The summed E-state index contributed by atoms with van der Waals surface area (Å²) in [5.41, 5.74) is 1.77. The molecule has 0 saturated carbocycles. The zero-order valence-electron chi connectivity index (χ0n) is 16.3. The Bertz CT molecular complexity index is 1000. The summed E-state index contributed by atoms with van der Waals surface area (Å²) in [6, 6.07) is 15.1. The summed E-state index contributed by atoms with van der Waals surface area (Å²) < 4.78 is 11.1. The molecule has 1 saturated heterocycles. The normalized spacial score (nSPS) is 16.6. The molecule has 1 fully saturated rings. The molecule has 7 heteroatoms. The summed E-state index contributed by atoms with van der Waals surface area (Å²) in [6.07, 6.45) is 0.471. The first-order chi connectivity index (χ1) is 14.0. The maximum atomic E-state index is 12.5. The first-order valence-electron chi connectivity index (χ1n) is 9.61. The molecule has 4 rings (SSSR count). The Kier molecular flexibility index (Phi) is 5.53. The Morgan fingerprint density at radius 3 is 2.69 bits per heavy atom. The average molecular weight is 412 g/mol. The van der Waals surface area contributed by atoms with Crippen LogP contribution in [0.4, 0.5) is 0 Å². The summed E-state index contributed by atoms with van der Waals surface area (Å²) in [7, 11) is 0. The van der Waals surface area contributed by atoms with Crippen molar-refractivity contribution in [3.05, 3.63) is 65.0 Å². The number of amides is 1. The van der Waals surface area contributed by atoms with Crippen LogP contribution in [0.3, 0.4) is 0 Å². The lowest BCUT2D eigenvalue weighted by molar-refractivity contribution is -0.128. The van der Waals surface area contributed by atoms with Gasteiger partial charge in [-0.25, -0.2) is 0 Å². The fourth-order valence-corrected chi connectivity index (χ4v) is 3.59. The molecular weight excluding hydrogens is 390 g/mol. The van der Waals surface area contributed by atoms with Crippen molar-refractivity contribution >= 4 is 17.5 Å². The van der Waals surface area contributed by atoms with Gasteiger partial charge >= 0.3 is 0 Å². The summed E-state index contributed by atoms with van der Waals surface area (Å²) in [5.74, 6) is 1.73. The fraction of sp³-hybridized carbons (Fsp3) is 0.318. The first-order valence-corrected chi connectivity index (χ1v) is 9.99. The molecule has 0 spiro atoms. The number of halogens is 1. The van der Waals surface area contributed by atoms with Gasteiger partial charge in [0.2, 0.25) is 17.6 Å². The summed E-state index contributed by atoms with van der Waals surface area (Å²) in [4.78, 5) is 18.8. The van der Waals surface area contributed by atoms with Crippen LogP contribution in [0.2, 0.25) is 5.02 Å². The molecule has 0 radical (unpaired) electrons. The van der Waals surface area contributed by atoms with Gasteiger partial charge in [0.15, 0.2) is 0 Å². The number of hydrogen-bond acceptors (Lipinski definition) is 5. The van der Waals surface area contributed by atoms with Gasteiger partial charge in [-0.15, -0.1) is 0 Å². The van der Waals surface area contributed by atoms with Crippen LogP contribution >= 0.6 is 11.6 Å². The standard InChI is InChI=1S/C22H22ClN3O3/c1-14(2)28-18-9-7-15(8-10-18)21-24-22(29-25-21)17-11-20(27)26(13-17)12-16-5-3-4-6-19(16)23/h3-10,14,17H,11-13H2,1-2H3. The quantitative estimate of drug-likeness (QED) is 0.588. The van der Waals surface area contributed by atoms with Gasteiger partial charge in [-0.2, -0.15) is 4.98 Å². The fourth-order valence-electron chi connectivity index (χ4n) is 3.40. The number of nitrogens with zero attached hydrogens (tertiary/aromatic N) is 3. The molecule has 1 aromatic heterocycles. The third-order valence-corrected chi connectivity index (χ3v) is 5.18.